The van der Waals surface area contributed by atoms with Crippen molar-refractivity contribution in [1.82, 2.24) is 25.0 Å². The van der Waals surface area contributed by atoms with Crippen LogP contribution in [-0.2, 0) is 16.9 Å². The molecule has 0 atom stereocenters. The van der Waals surface area contributed by atoms with Crippen molar-refractivity contribution in [3.05, 3.63) is 54.2 Å². The molecule has 0 aliphatic carbocycles. The summed E-state index contributed by atoms with van der Waals surface area (Å²) in [7, 11) is 0. The maximum absolute atomic E-state index is 13.5. The summed E-state index contributed by atoms with van der Waals surface area (Å²) in [6.07, 6.45) is 3.52. The van der Waals surface area contributed by atoms with E-state index >= 15 is 0 Å². The Hall–Kier alpha value is -3.06. The molecule has 1 N–H and O–H groups in total. The van der Waals surface area contributed by atoms with Gasteiger partial charge >= 0.3 is 0 Å². The number of fused-ring (bicyclic) bond motifs is 2. The van der Waals surface area contributed by atoms with Crippen molar-refractivity contribution in [1.29, 1.82) is 0 Å². The second-order valence-corrected chi connectivity index (χ2v) is 7.39. The minimum atomic E-state index is -0.275. The third-order valence-electron chi connectivity index (χ3n) is 4.99. The van der Waals surface area contributed by atoms with Crippen LogP contribution in [0.3, 0.4) is 0 Å². The zero-order chi connectivity index (χ0) is 18.6. The van der Waals surface area contributed by atoms with Crippen molar-refractivity contribution in [2.75, 3.05) is 6.61 Å². The van der Waals surface area contributed by atoms with E-state index in [9.17, 15) is 4.39 Å². The van der Waals surface area contributed by atoms with Crippen LogP contribution in [-0.4, -0.2) is 31.6 Å². The van der Waals surface area contributed by atoms with Crippen LogP contribution in [0.25, 0.3) is 33.4 Å². The van der Waals surface area contributed by atoms with Gasteiger partial charge in [-0.3, -0.25) is 9.78 Å². The summed E-state index contributed by atoms with van der Waals surface area (Å²) in [6, 6.07) is 8.39. The van der Waals surface area contributed by atoms with Crippen LogP contribution in [0.15, 0.2) is 42.7 Å². The number of hydrogen-bond acceptors (Lipinski definition) is 4. The molecule has 3 aromatic heterocycles. The quantitative estimate of drug-likeness (QED) is 0.587. The molecule has 7 heteroatoms. The van der Waals surface area contributed by atoms with Crippen LogP contribution in [0.5, 0.6) is 0 Å². The Morgan fingerprint density at radius 2 is 2.00 bits per heavy atom. The first-order valence-corrected chi connectivity index (χ1v) is 8.79. The highest BCUT2D eigenvalue weighted by atomic mass is 19.1. The van der Waals surface area contributed by atoms with E-state index in [-0.39, 0.29) is 11.4 Å². The predicted octanol–water partition coefficient (Wildman–Crippen LogP) is 3.89. The van der Waals surface area contributed by atoms with Crippen molar-refractivity contribution >= 4 is 11.0 Å². The summed E-state index contributed by atoms with van der Waals surface area (Å²) >= 11 is 0. The van der Waals surface area contributed by atoms with E-state index in [2.05, 4.69) is 29.0 Å². The molecular formula is C20H18FN5O. The smallest absolute Gasteiger partial charge is 0.155 e. The topological polar surface area (TPSA) is 68.6 Å². The van der Waals surface area contributed by atoms with Gasteiger partial charge in [0.25, 0.3) is 0 Å². The Morgan fingerprint density at radius 1 is 1.19 bits per heavy atom. The lowest BCUT2D eigenvalue weighted by atomic mass is 9.96. The van der Waals surface area contributed by atoms with Gasteiger partial charge in [-0.2, -0.15) is 10.2 Å². The fourth-order valence-corrected chi connectivity index (χ4v) is 3.71. The van der Waals surface area contributed by atoms with E-state index in [4.69, 9.17) is 9.84 Å². The highest BCUT2D eigenvalue weighted by Crippen LogP contribution is 2.41. The van der Waals surface area contributed by atoms with E-state index in [1.807, 2.05) is 10.7 Å². The minimum Gasteiger partial charge on any atom is -0.373 e. The lowest BCUT2D eigenvalue weighted by molar-refractivity contribution is 0.0137. The first-order chi connectivity index (χ1) is 13.0. The van der Waals surface area contributed by atoms with Crippen LogP contribution >= 0.6 is 0 Å². The lowest BCUT2D eigenvalue weighted by Gasteiger charge is -2.32. The average molecular weight is 363 g/mol. The standard InChI is InChI=1S/C20H18FN5O/c1-20(2)11-27-10-16-17(14-7-8-22-19-15(14)9-23-24-19)18(25-26(16)20)12-3-5-13(21)6-4-12/h3-9H,10-11H2,1-2H3,(H,22,23,24). The molecule has 0 fully saturated rings. The summed E-state index contributed by atoms with van der Waals surface area (Å²) in [5.41, 5.74) is 5.06. The molecule has 0 spiro atoms. The van der Waals surface area contributed by atoms with Crippen LogP contribution < -0.4 is 0 Å². The monoisotopic (exact) mass is 363 g/mol. The number of pyridine rings is 1. The van der Waals surface area contributed by atoms with Crippen molar-refractivity contribution in [3.8, 4) is 22.4 Å². The Kier molecular flexibility index (Phi) is 3.42. The third-order valence-corrected chi connectivity index (χ3v) is 4.99. The maximum Gasteiger partial charge on any atom is 0.155 e. The van der Waals surface area contributed by atoms with Gasteiger partial charge in [0.2, 0.25) is 0 Å². The summed E-state index contributed by atoms with van der Waals surface area (Å²) in [5.74, 6) is -0.269. The molecule has 4 heterocycles. The SMILES string of the molecule is CC1(C)COCc2c(-c3ccnc4[nH]ncc34)c(-c3ccc(F)cc3)nn21. The number of aromatic nitrogens is 5. The summed E-state index contributed by atoms with van der Waals surface area (Å²) in [6.45, 7) is 5.25. The Bertz CT molecular complexity index is 1140. The summed E-state index contributed by atoms with van der Waals surface area (Å²) < 4.78 is 21.4. The van der Waals surface area contributed by atoms with E-state index in [1.165, 1.54) is 12.1 Å². The minimum absolute atomic E-state index is 0.269. The van der Waals surface area contributed by atoms with Gasteiger partial charge in [0.05, 0.1) is 30.6 Å². The van der Waals surface area contributed by atoms with Gasteiger partial charge in [0, 0.05) is 22.7 Å². The summed E-state index contributed by atoms with van der Waals surface area (Å²) in [5, 5.41) is 12.9. The zero-order valence-corrected chi connectivity index (χ0v) is 15.0. The van der Waals surface area contributed by atoms with E-state index in [0.717, 1.165) is 33.5 Å². The Labute approximate surface area is 155 Å². The number of ether oxygens (including phenoxy) is 1. The molecule has 0 saturated heterocycles. The van der Waals surface area contributed by atoms with Crippen LogP contribution in [0.4, 0.5) is 4.39 Å². The summed E-state index contributed by atoms with van der Waals surface area (Å²) in [4.78, 5) is 4.34. The van der Waals surface area contributed by atoms with E-state index in [1.54, 1.807) is 24.5 Å². The largest absolute Gasteiger partial charge is 0.373 e. The molecule has 27 heavy (non-hydrogen) atoms. The zero-order valence-electron chi connectivity index (χ0n) is 15.0. The van der Waals surface area contributed by atoms with Gasteiger partial charge in [-0.1, -0.05) is 0 Å². The Balaban J connectivity index is 1.85. The number of H-pyrrole nitrogens is 1. The molecule has 6 nitrogen and oxygen atoms in total. The highest BCUT2D eigenvalue weighted by Gasteiger charge is 2.34. The predicted molar refractivity (Wildman–Crippen MR) is 99.5 cm³/mol. The Morgan fingerprint density at radius 3 is 2.81 bits per heavy atom. The van der Waals surface area contributed by atoms with Gasteiger partial charge in [-0.15, -0.1) is 0 Å². The molecule has 4 aromatic rings. The third kappa shape index (κ3) is 2.46. The molecule has 0 radical (unpaired) electrons. The second kappa shape index (κ2) is 5.72. The molecule has 1 aliphatic rings. The first-order valence-electron chi connectivity index (χ1n) is 8.79. The number of hydrogen-bond donors (Lipinski definition) is 1. The molecular weight excluding hydrogens is 345 g/mol. The average Bonchev–Trinajstić information content (AvgIpc) is 3.27. The van der Waals surface area contributed by atoms with Crippen molar-refractivity contribution in [3.63, 3.8) is 0 Å². The number of nitrogens with one attached hydrogen (secondary N) is 1. The molecule has 1 aromatic carbocycles. The van der Waals surface area contributed by atoms with Gasteiger partial charge < -0.3 is 4.74 Å². The molecule has 0 unspecified atom stereocenters. The normalized spacial score (nSPS) is 15.8. The molecule has 0 bridgehead atoms. The van der Waals surface area contributed by atoms with Crippen LogP contribution in [0.2, 0.25) is 0 Å². The fourth-order valence-electron chi connectivity index (χ4n) is 3.71. The molecule has 136 valence electrons. The number of nitrogens with zero attached hydrogens (tertiary/aromatic N) is 4. The van der Waals surface area contributed by atoms with Gasteiger partial charge in [-0.25, -0.2) is 9.37 Å². The van der Waals surface area contributed by atoms with Crippen LogP contribution in [0, 0.1) is 5.82 Å². The van der Waals surface area contributed by atoms with Crippen molar-refractivity contribution < 1.29 is 9.13 Å². The number of benzene rings is 1. The van der Waals surface area contributed by atoms with Gasteiger partial charge in [0.1, 0.15) is 11.5 Å². The second-order valence-electron chi connectivity index (χ2n) is 7.39. The molecule has 5 rings (SSSR count). The number of aromatic amines is 1. The number of rotatable bonds is 2. The van der Waals surface area contributed by atoms with Crippen molar-refractivity contribution in [2.45, 2.75) is 26.0 Å². The van der Waals surface area contributed by atoms with Crippen LogP contribution in [0.1, 0.15) is 19.5 Å². The molecule has 0 amide bonds. The maximum atomic E-state index is 13.5. The first kappa shape index (κ1) is 16.1. The van der Waals surface area contributed by atoms with Crippen molar-refractivity contribution in [2.24, 2.45) is 0 Å². The van der Waals surface area contributed by atoms with Gasteiger partial charge in [-0.05, 0) is 49.7 Å². The van der Waals surface area contributed by atoms with Gasteiger partial charge in [0.15, 0.2) is 5.65 Å². The fraction of sp³-hybridized carbons (Fsp3) is 0.250. The highest BCUT2D eigenvalue weighted by molar-refractivity contribution is 5.97. The number of halogens is 1. The molecule has 1 aliphatic heterocycles. The molecule has 0 saturated carbocycles. The lowest BCUT2D eigenvalue weighted by Crippen LogP contribution is -2.38. The van der Waals surface area contributed by atoms with E-state index in [0.29, 0.717) is 18.9 Å². The van der Waals surface area contributed by atoms with E-state index < -0.39 is 0 Å².